The number of Topliss-reactive ketones (excluding diaryl/α,β-unsaturated/α-hetero) is 1. The van der Waals surface area contributed by atoms with Crippen molar-refractivity contribution in [2.75, 3.05) is 11.9 Å². The summed E-state index contributed by atoms with van der Waals surface area (Å²) in [5.74, 6) is -0.0431. The molecule has 0 aromatic heterocycles. The van der Waals surface area contributed by atoms with Gasteiger partial charge in [0.2, 0.25) is 5.91 Å². The Balaban J connectivity index is 1.51. The molecule has 2 aromatic carbocycles. The predicted molar refractivity (Wildman–Crippen MR) is 92.4 cm³/mol. The van der Waals surface area contributed by atoms with Crippen molar-refractivity contribution < 1.29 is 19.1 Å². The normalized spacial score (nSPS) is 12.6. The number of ether oxygens (including phenoxy) is 1. The van der Waals surface area contributed by atoms with Gasteiger partial charge in [-0.1, -0.05) is 30.3 Å². The lowest BCUT2D eigenvalue weighted by Crippen LogP contribution is -2.25. The van der Waals surface area contributed by atoms with E-state index in [0.29, 0.717) is 23.5 Å². The summed E-state index contributed by atoms with van der Waals surface area (Å²) in [6.07, 6.45) is 0.222. The molecule has 0 radical (unpaired) electrons. The number of nitrogens with one attached hydrogen (secondary N) is 2. The molecule has 2 aromatic rings. The van der Waals surface area contributed by atoms with Crippen LogP contribution in [0.15, 0.2) is 48.5 Å². The molecule has 0 saturated heterocycles. The molecule has 2 N–H and O–H groups in total. The Kier molecular flexibility index (Phi) is 5.09. The van der Waals surface area contributed by atoms with Crippen molar-refractivity contribution in [3.05, 3.63) is 59.7 Å². The van der Waals surface area contributed by atoms with E-state index in [1.54, 1.807) is 18.2 Å². The minimum absolute atomic E-state index is 0.0259. The third-order valence-electron chi connectivity index (χ3n) is 3.85. The van der Waals surface area contributed by atoms with E-state index < -0.39 is 0 Å². The van der Waals surface area contributed by atoms with Gasteiger partial charge in [0.05, 0.1) is 5.69 Å². The summed E-state index contributed by atoms with van der Waals surface area (Å²) in [5.41, 5.74) is 1.93. The fourth-order valence-electron chi connectivity index (χ4n) is 2.51. The van der Waals surface area contributed by atoms with Crippen LogP contribution in [0.4, 0.5) is 5.69 Å². The molecule has 0 aliphatic carbocycles. The zero-order valence-corrected chi connectivity index (χ0v) is 13.6. The Bertz CT molecular complexity index is 802. The molecule has 6 heteroatoms. The third-order valence-corrected chi connectivity index (χ3v) is 3.85. The number of carbonyl (C=O) groups is 3. The first kappa shape index (κ1) is 16.7. The van der Waals surface area contributed by atoms with Crippen molar-refractivity contribution in [2.45, 2.75) is 19.4 Å². The van der Waals surface area contributed by atoms with Gasteiger partial charge in [0.25, 0.3) is 5.91 Å². The highest BCUT2D eigenvalue weighted by atomic mass is 16.5. The molecule has 1 aliphatic rings. The molecule has 0 unspecified atom stereocenters. The van der Waals surface area contributed by atoms with Crippen LogP contribution in [0.5, 0.6) is 5.75 Å². The topological polar surface area (TPSA) is 84.5 Å². The Labute approximate surface area is 145 Å². The fourth-order valence-corrected chi connectivity index (χ4v) is 2.51. The number of fused-ring (bicyclic) bond motifs is 1. The molecule has 0 saturated carbocycles. The van der Waals surface area contributed by atoms with Crippen LogP contribution in [0.1, 0.15) is 28.8 Å². The van der Waals surface area contributed by atoms with Crippen LogP contribution >= 0.6 is 0 Å². The van der Waals surface area contributed by atoms with Crippen molar-refractivity contribution in [2.24, 2.45) is 0 Å². The van der Waals surface area contributed by atoms with Crippen molar-refractivity contribution in [1.29, 1.82) is 0 Å². The van der Waals surface area contributed by atoms with E-state index in [-0.39, 0.29) is 37.0 Å². The third kappa shape index (κ3) is 4.44. The van der Waals surface area contributed by atoms with Crippen molar-refractivity contribution in [3.63, 3.8) is 0 Å². The maximum atomic E-state index is 12.3. The number of carbonyl (C=O) groups excluding carboxylic acids is 3. The van der Waals surface area contributed by atoms with Gasteiger partial charge >= 0.3 is 0 Å². The lowest BCUT2D eigenvalue weighted by molar-refractivity contribution is -0.121. The van der Waals surface area contributed by atoms with Gasteiger partial charge in [-0.25, -0.2) is 0 Å². The number of anilines is 1. The largest absolute Gasteiger partial charge is 0.482 e. The van der Waals surface area contributed by atoms with Crippen LogP contribution in [-0.2, 0) is 16.1 Å². The number of benzene rings is 2. The van der Waals surface area contributed by atoms with Gasteiger partial charge in [0.15, 0.2) is 12.4 Å². The molecule has 2 amide bonds. The molecule has 6 nitrogen and oxygen atoms in total. The van der Waals surface area contributed by atoms with E-state index >= 15 is 0 Å². The van der Waals surface area contributed by atoms with Gasteiger partial charge < -0.3 is 15.4 Å². The maximum absolute atomic E-state index is 12.3. The molecular formula is C19H18N2O4. The van der Waals surface area contributed by atoms with E-state index in [0.717, 1.165) is 5.56 Å². The second-order valence-electron chi connectivity index (χ2n) is 5.73. The van der Waals surface area contributed by atoms with Crippen molar-refractivity contribution in [3.8, 4) is 5.75 Å². The van der Waals surface area contributed by atoms with Crippen molar-refractivity contribution in [1.82, 2.24) is 5.32 Å². The first-order chi connectivity index (χ1) is 12.1. The molecule has 128 valence electrons. The predicted octanol–water partition coefficient (Wildman–Crippen LogP) is 2.30. The van der Waals surface area contributed by atoms with Gasteiger partial charge in [-0.3, -0.25) is 14.4 Å². The van der Waals surface area contributed by atoms with Gasteiger partial charge in [-0.05, 0) is 23.8 Å². The summed E-state index contributed by atoms with van der Waals surface area (Å²) < 4.78 is 5.26. The lowest BCUT2D eigenvalue weighted by Gasteiger charge is -2.18. The second kappa shape index (κ2) is 7.61. The Hall–Kier alpha value is -3.15. The Morgan fingerprint density at radius 2 is 1.88 bits per heavy atom. The summed E-state index contributed by atoms with van der Waals surface area (Å²) in [6.45, 7) is 0.415. The van der Waals surface area contributed by atoms with Crippen LogP contribution in [0.25, 0.3) is 0 Å². The zero-order chi connectivity index (χ0) is 17.6. The SMILES string of the molecule is O=C(CCC(=O)c1ccc2c(c1)NC(=O)CO2)NCc1ccccc1. The summed E-state index contributed by atoms with van der Waals surface area (Å²) in [6, 6.07) is 14.4. The lowest BCUT2D eigenvalue weighted by atomic mass is 10.0. The molecular weight excluding hydrogens is 320 g/mol. The maximum Gasteiger partial charge on any atom is 0.262 e. The quantitative estimate of drug-likeness (QED) is 0.792. The second-order valence-corrected chi connectivity index (χ2v) is 5.73. The van der Waals surface area contributed by atoms with Gasteiger partial charge in [-0.2, -0.15) is 0 Å². The average Bonchev–Trinajstić information content (AvgIpc) is 2.64. The minimum atomic E-state index is -0.252. The van der Waals surface area contributed by atoms with Gasteiger partial charge in [0, 0.05) is 24.9 Å². The highest BCUT2D eigenvalue weighted by Gasteiger charge is 2.18. The van der Waals surface area contributed by atoms with E-state index in [1.165, 1.54) is 0 Å². The molecule has 1 aliphatic heterocycles. The molecule has 0 bridgehead atoms. The van der Waals surface area contributed by atoms with Gasteiger partial charge in [-0.15, -0.1) is 0 Å². The monoisotopic (exact) mass is 338 g/mol. The first-order valence-electron chi connectivity index (χ1n) is 8.02. The van der Waals surface area contributed by atoms with Crippen LogP contribution in [0.3, 0.4) is 0 Å². The summed E-state index contributed by atoms with van der Waals surface area (Å²) >= 11 is 0. The van der Waals surface area contributed by atoms with E-state index in [2.05, 4.69) is 10.6 Å². The summed E-state index contributed by atoms with van der Waals surface area (Å²) in [4.78, 5) is 35.5. The first-order valence-corrected chi connectivity index (χ1v) is 8.02. The van der Waals surface area contributed by atoms with E-state index in [1.807, 2.05) is 30.3 Å². The zero-order valence-electron chi connectivity index (χ0n) is 13.6. The van der Waals surface area contributed by atoms with Crippen LogP contribution in [-0.4, -0.2) is 24.2 Å². The summed E-state index contributed by atoms with van der Waals surface area (Å²) in [7, 11) is 0. The van der Waals surface area contributed by atoms with Crippen LogP contribution in [0.2, 0.25) is 0 Å². The standard InChI is InChI=1S/C19H18N2O4/c22-16(7-9-18(23)20-11-13-4-2-1-3-5-13)14-6-8-17-15(10-14)21-19(24)12-25-17/h1-6,8,10H,7,9,11-12H2,(H,20,23)(H,21,24). The average molecular weight is 338 g/mol. The highest BCUT2D eigenvalue weighted by molar-refractivity contribution is 6.01. The molecule has 0 atom stereocenters. The van der Waals surface area contributed by atoms with E-state index in [4.69, 9.17) is 4.74 Å². The van der Waals surface area contributed by atoms with Crippen LogP contribution < -0.4 is 15.4 Å². The minimum Gasteiger partial charge on any atom is -0.482 e. The fraction of sp³-hybridized carbons (Fsp3) is 0.211. The molecule has 3 rings (SSSR count). The van der Waals surface area contributed by atoms with Crippen molar-refractivity contribution >= 4 is 23.3 Å². The highest BCUT2D eigenvalue weighted by Crippen LogP contribution is 2.28. The molecule has 0 spiro atoms. The Morgan fingerprint density at radius 3 is 2.68 bits per heavy atom. The Morgan fingerprint density at radius 1 is 1.08 bits per heavy atom. The number of hydrogen-bond acceptors (Lipinski definition) is 4. The number of amides is 2. The molecule has 1 heterocycles. The number of hydrogen-bond donors (Lipinski definition) is 2. The van der Waals surface area contributed by atoms with Gasteiger partial charge in [0.1, 0.15) is 5.75 Å². The smallest absolute Gasteiger partial charge is 0.262 e. The molecule has 25 heavy (non-hydrogen) atoms. The molecule has 0 fully saturated rings. The number of ketones is 1. The van der Waals surface area contributed by atoms with E-state index in [9.17, 15) is 14.4 Å². The number of rotatable bonds is 6. The van der Waals surface area contributed by atoms with Crippen LogP contribution in [0, 0.1) is 0 Å². The summed E-state index contributed by atoms with van der Waals surface area (Å²) in [5, 5.41) is 5.46.